The summed E-state index contributed by atoms with van der Waals surface area (Å²) in [6.07, 6.45) is 3.44. The first-order valence-corrected chi connectivity index (χ1v) is 11.3. The first kappa shape index (κ1) is 21.6. The molecular formula is C23H28F2N2O5. The number of hydrogen-bond acceptors (Lipinski definition) is 5. The first-order chi connectivity index (χ1) is 15.4. The average molecular weight is 450 g/mol. The summed E-state index contributed by atoms with van der Waals surface area (Å²) in [5.41, 5.74) is -0.253. The Kier molecular flexibility index (Phi) is 5.57. The van der Waals surface area contributed by atoms with E-state index in [9.17, 15) is 18.4 Å². The van der Waals surface area contributed by atoms with Gasteiger partial charge in [0.05, 0.1) is 30.9 Å². The zero-order chi connectivity index (χ0) is 22.5. The van der Waals surface area contributed by atoms with Gasteiger partial charge in [-0.2, -0.15) is 0 Å². The summed E-state index contributed by atoms with van der Waals surface area (Å²) in [5, 5.41) is 3.06. The van der Waals surface area contributed by atoms with Gasteiger partial charge in [-0.05, 0) is 51.0 Å². The number of morpholine rings is 1. The molecule has 2 bridgehead atoms. The Labute approximate surface area is 185 Å². The Balaban J connectivity index is 1.50. The molecule has 9 heteroatoms. The van der Waals surface area contributed by atoms with Crippen molar-refractivity contribution in [2.24, 2.45) is 0 Å². The van der Waals surface area contributed by atoms with Crippen molar-refractivity contribution >= 4 is 11.8 Å². The number of ether oxygens (including phenoxy) is 3. The molecule has 0 unspecified atom stereocenters. The van der Waals surface area contributed by atoms with Gasteiger partial charge in [-0.1, -0.05) is 0 Å². The van der Waals surface area contributed by atoms with Crippen LogP contribution in [0.4, 0.5) is 8.78 Å². The van der Waals surface area contributed by atoms with Crippen molar-refractivity contribution in [3.63, 3.8) is 0 Å². The lowest BCUT2D eigenvalue weighted by molar-refractivity contribution is -0.145. The molecule has 6 rings (SSSR count). The van der Waals surface area contributed by atoms with Crippen LogP contribution in [0.1, 0.15) is 50.5 Å². The molecule has 174 valence electrons. The molecule has 3 atom stereocenters. The van der Waals surface area contributed by atoms with Gasteiger partial charge < -0.3 is 24.4 Å². The fraction of sp³-hybridized carbons (Fsp3) is 0.652. The van der Waals surface area contributed by atoms with Gasteiger partial charge in [-0.3, -0.25) is 9.59 Å². The molecule has 5 aliphatic rings. The standard InChI is InChI=1S/C23H28F2N2O5/c1-13-8-23(12-30-10-20(28)26-23)19-9-31-16-4-2-14(3-5-16)17-6-15(24)7-18(25)22(17)32-11-21(29)27(13)19/h6-7,13-14,16,19H,2-5,8-12H2,1H3,(H,26,28)/t13-,14-,16+,19-,23+/m1/s1. The smallest absolute Gasteiger partial charge is 0.261 e. The van der Waals surface area contributed by atoms with Crippen LogP contribution in [0, 0.1) is 11.6 Å². The lowest BCUT2D eigenvalue weighted by Gasteiger charge is -2.41. The van der Waals surface area contributed by atoms with E-state index in [1.165, 1.54) is 6.07 Å². The first-order valence-electron chi connectivity index (χ1n) is 11.3. The minimum Gasteiger partial charge on any atom is -0.480 e. The van der Waals surface area contributed by atoms with Gasteiger partial charge in [0.15, 0.2) is 18.2 Å². The number of halogens is 2. The highest BCUT2D eigenvalue weighted by molar-refractivity contribution is 5.81. The molecule has 2 saturated heterocycles. The predicted molar refractivity (Wildman–Crippen MR) is 109 cm³/mol. The highest BCUT2D eigenvalue weighted by Crippen LogP contribution is 2.42. The Morgan fingerprint density at radius 1 is 1.12 bits per heavy atom. The Morgan fingerprint density at radius 2 is 1.91 bits per heavy atom. The van der Waals surface area contributed by atoms with Crippen molar-refractivity contribution < 1.29 is 32.6 Å². The third kappa shape index (κ3) is 3.75. The van der Waals surface area contributed by atoms with Crippen LogP contribution in [0.25, 0.3) is 0 Å². The van der Waals surface area contributed by atoms with Crippen LogP contribution in [-0.4, -0.2) is 66.9 Å². The molecule has 1 aliphatic carbocycles. The minimum atomic E-state index is -0.795. The number of rotatable bonds is 0. The minimum absolute atomic E-state index is 0.00258. The topological polar surface area (TPSA) is 77.1 Å². The Hall–Kier alpha value is -2.26. The van der Waals surface area contributed by atoms with Crippen molar-refractivity contribution in [2.75, 3.05) is 26.4 Å². The van der Waals surface area contributed by atoms with Gasteiger partial charge in [-0.25, -0.2) is 8.78 Å². The van der Waals surface area contributed by atoms with Crippen molar-refractivity contribution in [1.29, 1.82) is 0 Å². The number of fused-ring (bicyclic) bond motifs is 5. The lowest BCUT2D eigenvalue weighted by atomic mass is 9.82. The third-order valence-corrected chi connectivity index (χ3v) is 7.36. The van der Waals surface area contributed by atoms with E-state index in [-0.39, 0.29) is 55.4 Å². The van der Waals surface area contributed by atoms with Gasteiger partial charge in [0.2, 0.25) is 5.91 Å². The van der Waals surface area contributed by atoms with E-state index in [4.69, 9.17) is 14.2 Å². The molecule has 32 heavy (non-hydrogen) atoms. The third-order valence-electron chi connectivity index (χ3n) is 7.36. The number of carbonyl (C=O) groups is 2. The summed E-state index contributed by atoms with van der Waals surface area (Å²) in [6, 6.07) is 1.50. The van der Waals surface area contributed by atoms with Crippen LogP contribution < -0.4 is 10.1 Å². The molecule has 7 nitrogen and oxygen atoms in total. The zero-order valence-electron chi connectivity index (χ0n) is 18.1. The number of hydrogen-bond donors (Lipinski definition) is 1. The molecule has 2 amide bonds. The van der Waals surface area contributed by atoms with Gasteiger partial charge in [0.25, 0.3) is 5.91 Å². The SMILES string of the molecule is C[C@@H]1C[C@]2(COCC(=O)N2)[C@H]2CO[C@H]3CC[C@H](CC3)c3cc(F)cc(F)c3OCC(=O)N12. The monoisotopic (exact) mass is 450 g/mol. The van der Waals surface area contributed by atoms with Crippen molar-refractivity contribution in [3.8, 4) is 5.75 Å². The van der Waals surface area contributed by atoms with Crippen molar-refractivity contribution in [2.45, 2.75) is 68.7 Å². The quantitative estimate of drug-likeness (QED) is 0.656. The molecule has 1 aromatic carbocycles. The highest BCUT2D eigenvalue weighted by Gasteiger charge is 2.55. The summed E-state index contributed by atoms with van der Waals surface area (Å²) in [5.74, 6) is -2.09. The Morgan fingerprint density at radius 3 is 2.66 bits per heavy atom. The Bertz CT molecular complexity index is 920. The summed E-state index contributed by atoms with van der Waals surface area (Å²) in [7, 11) is 0. The molecule has 3 fully saturated rings. The van der Waals surface area contributed by atoms with Gasteiger partial charge in [-0.15, -0.1) is 0 Å². The molecule has 1 saturated carbocycles. The maximum Gasteiger partial charge on any atom is 0.261 e. The zero-order valence-corrected chi connectivity index (χ0v) is 18.1. The van der Waals surface area contributed by atoms with Crippen LogP contribution in [-0.2, 0) is 19.1 Å². The van der Waals surface area contributed by atoms with Crippen LogP contribution in [0.15, 0.2) is 12.1 Å². The predicted octanol–water partition coefficient (Wildman–Crippen LogP) is 2.27. The molecule has 0 aromatic heterocycles. The summed E-state index contributed by atoms with van der Waals surface area (Å²) in [4.78, 5) is 27.1. The summed E-state index contributed by atoms with van der Waals surface area (Å²) < 4.78 is 46.2. The second-order valence-corrected chi connectivity index (χ2v) is 9.47. The molecule has 1 spiro atoms. The maximum atomic E-state index is 14.7. The van der Waals surface area contributed by atoms with E-state index in [1.807, 2.05) is 6.92 Å². The van der Waals surface area contributed by atoms with Crippen LogP contribution in [0.5, 0.6) is 5.75 Å². The number of benzene rings is 1. The van der Waals surface area contributed by atoms with E-state index in [1.54, 1.807) is 4.90 Å². The maximum absolute atomic E-state index is 14.7. The summed E-state index contributed by atoms with van der Waals surface area (Å²) in [6.45, 7) is 2.10. The van der Waals surface area contributed by atoms with E-state index in [2.05, 4.69) is 5.32 Å². The molecule has 1 N–H and O–H groups in total. The molecule has 1 aromatic rings. The van der Waals surface area contributed by atoms with Crippen LogP contribution >= 0.6 is 0 Å². The van der Waals surface area contributed by atoms with Crippen molar-refractivity contribution in [1.82, 2.24) is 10.2 Å². The molecule has 4 aliphatic heterocycles. The largest absolute Gasteiger partial charge is 0.480 e. The highest BCUT2D eigenvalue weighted by atomic mass is 19.1. The average Bonchev–Trinajstić information content (AvgIpc) is 3.01. The van der Waals surface area contributed by atoms with Gasteiger partial charge in [0, 0.05) is 17.7 Å². The number of nitrogens with zero attached hydrogens (tertiary/aromatic N) is 1. The summed E-state index contributed by atoms with van der Waals surface area (Å²) >= 11 is 0. The van der Waals surface area contributed by atoms with E-state index >= 15 is 0 Å². The van der Waals surface area contributed by atoms with Crippen LogP contribution in [0.2, 0.25) is 0 Å². The van der Waals surface area contributed by atoms with E-state index < -0.39 is 23.2 Å². The van der Waals surface area contributed by atoms with E-state index in [0.29, 0.717) is 31.4 Å². The van der Waals surface area contributed by atoms with Crippen LogP contribution in [0.3, 0.4) is 0 Å². The van der Waals surface area contributed by atoms with E-state index in [0.717, 1.165) is 18.9 Å². The van der Waals surface area contributed by atoms with Gasteiger partial charge in [0.1, 0.15) is 12.4 Å². The van der Waals surface area contributed by atoms with Crippen molar-refractivity contribution in [3.05, 3.63) is 29.3 Å². The van der Waals surface area contributed by atoms with Gasteiger partial charge >= 0.3 is 0 Å². The number of amides is 2. The molecule has 4 heterocycles. The molecule has 0 radical (unpaired) electrons. The second kappa shape index (κ2) is 8.26. The normalized spacial score (nSPS) is 35.3. The molecular weight excluding hydrogens is 422 g/mol. The fourth-order valence-electron chi connectivity index (χ4n) is 5.97. The fourth-order valence-corrected chi connectivity index (χ4v) is 5.97. The number of nitrogens with one attached hydrogen (secondary N) is 1. The second-order valence-electron chi connectivity index (χ2n) is 9.47. The number of carbonyl (C=O) groups excluding carboxylic acids is 2. The lowest BCUT2D eigenvalue weighted by Crippen LogP contribution is -2.65.